The van der Waals surface area contributed by atoms with Crippen molar-refractivity contribution in [2.24, 2.45) is 0 Å². The molecular weight excluding hydrogens is 290 g/mol. The van der Waals surface area contributed by atoms with E-state index in [0.29, 0.717) is 13.0 Å². The topological polar surface area (TPSA) is 61.4 Å². The Morgan fingerprint density at radius 3 is 2.65 bits per heavy atom. The molecule has 1 aromatic carbocycles. The van der Waals surface area contributed by atoms with E-state index in [-0.39, 0.29) is 24.0 Å². The van der Waals surface area contributed by atoms with Crippen LogP contribution in [-0.2, 0) is 11.2 Å². The molecule has 1 heterocycles. The van der Waals surface area contributed by atoms with Gasteiger partial charge in [0.2, 0.25) is 5.91 Å². The van der Waals surface area contributed by atoms with Crippen LogP contribution in [0, 0.1) is 0 Å². The number of likely N-dealkylation sites (N-methyl/N-ethyl adjacent to an activating group) is 1. The molecule has 1 aliphatic heterocycles. The monoisotopic (exact) mass is 317 g/mol. The van der Waals surface area contributed by atoms with Gasteiger partial charge in [0.05, 0.1) is 0 Å². The number of likely N-dealkylation sites (tertiary alicyclic amines) is 1. The predicted octanol–water partition coefficient (Wildman–Crippen LogP) is 2.32. The number of benzene rings is 1. The summed E-state index contributed by atoms with van der Waals surface area (Å²) in [4.78, 5) is 25.7. The molecule has 0 bridgehead atoms. The van der Waals surface area contributed by atoms with Crippen molar-refractivity contribution in [3.63, 3.8) is 0 Å². The molecule has 3 amide bonds. The molecule has 0 aromatic heterocycles. The third kappa shape index (κ3) is 5.27. The van der Waals surface area contributed by atoms with Crippen LogP contribution in [0.1, 0.15) is 38.2 Å². The maximum atomic E-state index is 12.2. The fourth-order valence-corrected chi connectivity index (χ4v) is 2.96. The van der Waals surface area contributed by atoms with E-state index in [0.717, 1.165) is 25.7 Å². The Kier molecular flexibility index (Phi) is 6.44. The lowest BCUT2D eigenvalue weighted by atomic mass is 10.0. The number of carbonyl (C=O) groups is 2. The summed E-state index contributed by atoms with van der Waals surface area (Å²) in [5, 5.41) is 5.83. The number of hydrogen-bond donors (Lipinski definition) is 2. The first-order valence-corrected chi connectivity index (χ1v) is 8.46. The van der Waals surface area contributed by atoms with Crippen LogP contribution in [0.5, 0.6) is 0 Å². The summed E-state index contributed by atoms with van der Waals surface area (Å²) in [6.07, 6.45) is 4.50. The first-order valence-electron chi connectivity index (χ1n) is 8.46. The van der Waals surface area contributed by atoms with Crippen molar-refractivity contribution < 1.29 is 9.59 Å². The van der Waals surface area contributed by atoms with Gasteiger partial charge in [-0.15, -0.1) is 0 Å². The Morgan fingerprint density at radius 1 is 1.30 bits per heavy atom. The number of hydrogen-bond acceptors (Lipinski definition) is 2. The van der Waals surface area contributed by atoms with Crippen molar-refractivity contribution in [3.8, 4) is 0 Å². The SMILES string of the molecule is CCC[C@H](CCc1ccccc1)NC(=O)N[C@H]1CCN(C)C1=O. The highest BCUT2D eigenvalue weighted by Gasteiger charge is 2.30. The third-order valence-electron chi connectivity index (χ3n) is 4.33. The summed E-state index contributed by atoms with van der Waals surface area (Å²) in [7, 11) is 1.77. The van der Waals surface area contributed by atoms with Gasteiger partial charge in [0.1, 0.15) is 6.04 Å². The summed E-state index contributed by atoms with van der Waals surface area (Å²) in [5.74, 6) is -0.00326. The minimum absolute atomic E-state index is 0.00326. The summed E-state index contributed by atoms with van der Waals surface area (Å²) in [6, 6.07) is 9.82. The highest BCUT2D eigenvalue weighted by molar-refractivity contribution is 5.88. The second kappa shape index (κ2) is 8.56. The van der Waals surface area contributed by atoms with E-state index in [9.17, 15) is 9.59 Å². The number of nitrogens with zero attached hydrogens (tertiary/aromatic N) is 1. The molecule has 0 spiro atoms. The molecule has 0 saturated carbocycles. The molecule has 2 N–H and O–H groups in total. The van der Waals surface area contributed by atoms with Gasteiger partial charge in [-0.2, -0.15) is 0 Å². The average Bonchev–Trinajstić information content (AvgIpc) is 2.86. The number of carbonyl (C=O) groups excluding carboxylic acids is 2. The quantitative estimate of drug-likeness (QED) is 0.811. The van der Waals surface area contributed by atoms with Crippen molar-refractivity contribution in [3.05, 3.63) is 35.9 Å². The average molecular weight is 317 g/mol. The lowest BCUT2D eigenvalue weighted by molar-refractivity contribution is -0.128. The molecule has 5 heteroatoms. The maximum Gasteiger partial charge on any atom is 0.315 e. The fraction of sp³-hybridized carbons (Fsp3) is 0.556. The van der Waals surface area contributed by atoms with E-state index < -0.39 is 0 Å². The number of aryl methyl sites for hydroxylation is 1. The normalized spacial score (nSPS) is 18.8. The molecule has 5 nitrogen and oxygen atoms in total. The zero-order valence-corrected chi connectivity index (χ0v) is 14.0. The van der Waals surface area contributed by atoms with Gasteiger partial charge < -0.3 is 15.5 Å². The summed E-state index contributed by atoms with van der Waals surface area (Å²) < 4.78 is 0. The predicted molar refractivity (Wildman–Crippen MR) is 91.2 cm³/mol. The van der Waals surface area contributed by atoms with Gasteiger partial charge in [0, 0.05) is 19.6 Å². The minimum Gasteiger partial charge on any atom is -0.344 e. The number of urea groups is 1. The number of amides is 3. The van der Waals surface area contributed by atoms with Crippen LogP contribution >= 0.6 is 0 Å². The van der Waals surface area contributed by atoms with E-state index in [1.807, 2.05) is 18.2 Å². The summed E-state index contributed by atoms with van der Waals surface area (Å²) in [6.45, 7) is 2.82. The Balaban J connectivity index is 1.81. The molecule has 1 saturated heterocycles. The van der Waals surface area contributed by atoms with E-state index in [1.165, 1.54) is 5.56 Å². The Morgan fingerprint density at radius 2 is 2.04 bits per heavy atom. The Bertz CT molecular complexity index is 518. The van der Waals surface area contributed by atoms with Gasteiger partial charge in [0.25, 0.3) is 0 Å². The number of rotatable bonds is 7. The second-order valence-electron chi connectivity index (χ2n) is 6.23. The van der Waals surface area contributed by atoms with E-state index >= 15 is 0 Å². The zero-order valence-electron chi connectivity index (χ0n) is 14.0. The number of nitrogens with one attached hydrogen (secondary N) is 2. The van der Waals surface area contributed by atoms with Gasteiger partial charge in [-0.05, 0) is 31.2 Å². The standard InChI is InChI=1S/C18H27N3O2/c1-3-7-15(11-10-14-8-5-4-6-9-14)19-18(23)20-16-12-13-21(2)17(16)22/h4-6,8-9,15-16H,3,7,10-13H2,1-2H3,(H2,19,20,23)/t15-,16+/m1/s1. The van der Waals surface area contributed by atoms with Crippen LogP contribution in [0.25, 0.3) is 0 Å². The molecule has 0 unspecified atom stereocenters. The van der Waals surface area contributed by atoms with Crippen molar-refractivity contribution in [1.29, 1.82) is 0 Å². The molecule has 23 heavy (non-hydrogen) atoms. The lowest BCUT2D eigenvalue weighted by Crippen LogP contribution is -2.48. The van der Waals surface area contributed by atoms with Gasteiger partial charge in [-0.1, -0.05) is 43.7 Å². The minimum atomic E-state index is -0.378. The highest BCUT2D eigenvalue weighted by atomic mass is 16.2. The molecule has 126 valence electrons. The van der Waals surface area contributed by atoms with Crippen LogP contribution < -0.4 is 10.6 Å². The lowest BCUT2D eigenvalue weighted by Gasteiger charge is -2.20. The van der Waals surface area contributed by atoms with Crippen molar-refractivity contribution in [1.82, 2.24) is 15.5 Å². The van der Waals surface area contributed by atoms with Crippen LogP contribution in [-0.4, -0.2) is 42.5 Å². The van der Waals surface area contributed by atoms with E-state index in [2.05, 4.69) is 29.7 Å². The third-order valence-corrected chi connectivity index (χ3v) is 4.33. The maximum absolute atomic E-state index is 12.2. The fourth-order valence-electron chi connectivity index (χ4n) is 2.96. The zero-order chi connectivity index (χ0) is 16.7. The second-order valence-corrected chi connectivity index (χ2v) is 6.23. The van der Waals surface area contributed by atoms with Crippen molar-refractivity contribution in [2.75, 3.05) is 13.6 Å². The van der Waals surface area contributed by atoms with Crippen molar-refractivity contribution >= 4 is 11.9 Å². The van der Waals surface area contributed by atoms with Gasteiger partial charge in [-0.3, -0.25) is 4.79 Å². The summed E-state index contributed by atoms with van der Waals surface area (Å²) >= 11 is 0. The highest BCUT2D eigenvalue weighted by Crippen LogP contribution is 2.10. The first kappa shape index (κ1) is 17.3. The molecule has 0 aliphatic carbocycles. The smallest absolute Gasteiger partial charge is 0.315 e. The Labute approximate surface area is 138 Å². The molecule has 1 fully saturated rings. The molecule has 2 rings (SSSR count). The van der Waals surface area contributed by atoms with Gasteiger partial charge in [-0.25, -0.2) is 4.79 Å². The molecule has 1 aliphatic rings. The van der Waals surface area contributed by atoms with E-state index in [1.54, 1.807) is 11.9 Å². The van der Waals surface area contributed by atoms with Gasteiger partial charge in [0.15, 0.2) is 0 Å². The molecule has 0 radical (unpaired) electrons. The Hall–Kier alpha value is -2.04. The van der Waals surface area contributed by atoms with Crippen LogP contribution in [0.2, 0.25) is 0 Å². The van der Waals surface area contributed by atoms with Crippen LogP contribution in [0.15, 0.2) is 30.3 Å². The largest absolute Gasteiger partial charge is 0.344 e. The van der Waals surface area contributed by atoms with Gasteiger partial charge >= 0.3 is 6.03 Å². The molecule has 1 aromatic rings. The first-order chi connectivity index (χ1) is 11.1. The van der Waals surface area contributed by atoms with Crippen LogP contribution in [0.3, 0.4) is 0 Å². The van der Waals surface area contributed by atoms with Crippen LogP contribution in [0.4, 0.5) is 4.79 Å². The van der Waals surface area contributed by atoms with E-state index in [4.69, 9.17) is 0 Å². The van der Waals surface area contributed by atoms with Crippen molar-refractivity contribution in [2.45, 2.75) is 51.1 Å². The molecular formula is C18H27N3O2. The molecule has 2 atom stereocenters. The summed E-state index contributed by atoms with van der Waals surface area (Å²) in [5.41, 5.74) is 1.28.